The Morgan fingerprint density at radius 1 is 1.50 bits per heavy atom. The Balaban J connectivity index is 2.06. The van der Waals surface area contributed by atoms with Gasteiger partial charge in [-0.25, -0.2) is 17.9 Å². The fraction of sp³-hybridized carbons (Fsp3) is 0.429. The Labute approximate surface area is 128 Å². The van der Waals surface area contributed by atoms with Gasteiger partial charge in [0.1, 0.15) is 6.07 Å². The first-order chi connectivity index (χ1) is 10.5. The van der Waals surface area contributed by atoms with E-state index in [0.29, 0.717) is 6.61 Å². The van der Waals surface area contributed by atoms with E-state index >= 15 is 0 Å². The van der Waals surface area contributed by atoms with Crippen LogP contribution in [0.3, 0.4) is 0 Å². The second-order valence-electron chi connectivity index (χ2n) is 4.75. The van der Waals surface area contributed by atoms with Crippen molar-refractivity contribution >= 4 is 16.0 Å². The van der Waals surface area contributed by atoms with E-state index in [2.05, 4.69) is 9.46 Å². The molecule has 7 nitrogen and oxygen atoms in total. The van der Waals surface area contributed by atoms with Crippen molar-refractivity contribution in [2.75, 3.05) is 19.8 Å². The largest absolute Gasteiger partial charge is 0.447 e. The molecule has 0 bridgehead atoms. The fourth-order valence-electron chi connectivity index (χ4n) is 2.06. The first kappa shape index (κ1) is 16.4. The van der Waals surface area contributed by atoms with Crippen molar-refractivity contribution in [2.45, 2.75) is 23.8 Å². The maximum atomic E-state index is 12.2. The Morgan fingerprint density at radius 3 is 3.00 bits per heavy atom. The van der Waals surface area contributed by atoms with E-state index in [1.165, 1.54) is 24.3 Å². The van der Waals surface area contributed by atoms with E-state index in [1.807, 2.05) is 0 Å². The van der Waals surface area contributed by atoms with Gasteiger partial charge < -0.3 is 9.47 Å². The molecule has 1 N–H and O–H groups in total. The van der Waals surface area contributed by atoms with E-state index < -0.39 is 16.0 Å². The van der Waals surface area contributed by atoms with Gasteiger partial charge in [-0.1, -0.05) is 6.07 Å². The number of nitrogens with zero attached hydrogens (tertiary/aromatic N) is 1. The molecule has 1 aliphatic heterocycles. The number of ether oxygens (including phenoxy) is 2. The summed E-state index contributed by atoms with van der Waals surface area (Å²) in [6, 6.07) is 7.16. The van der Waals surface area contributed by atoms with Crippen LogP contribution in [0.15, 0.2) is 29.2 Å². The van der Waals surface area contributed by atoms with Crippen LogP contribution in [0.4, 0.5) is 0 Å². The zero-order chi connectivity index (χ0) is 16.0. The quantitative estimate of drug-likeness (QED) is 0.777. The second kappa shape index (κ2) is 7.35. The average molecular weight is 324 g/mol. The van der Waals surface area contributed by atoms with Crippen LogP contribution in [0.2, 0.25) is 0 Å². The monoisotopic (exact) mass is 324 g/mol. The van der Waals surface area contributed by atoms with Gasteiger partial charge in [-0.15, -0.1) is 0 Å². The van der Waals surface area contributed by atoms with Crippen molar-refractivity contribution in [3.63, 3.8) is 0 Å². The van der Waals surface area contributed by atoms with E-state index in [-0.39, 0.29) is 29.7 Å². The number of hydrogen-bond donors (Lipinski definition) is 1. The molecule has 1 aliphatic rings. The minimum Gasteiger partial charge on any atom is -0.447 e. The number of carbonyl (C=O) groups excluding carboxylic acids is 1. The molecular weight excluding hydrogens is 308 g/mol. The summed E-state index contributed by atoms with van der Waals surface area (Å²) < 4.78 is 36.9. The van der Waals surface area contributed by atoms with Gasteiger partial charge in [0.2, 0.25) is 10.0 Å². The van der Waals surface area contributed by atoms with Crippen LogP contribution in [0.25, 0.3) is 0 Å². The van der Waals surface area contributed by atoms with Gasteiger partial charge in [0.15, 0.2) is 6.61 Å². The minimum absolute atomic E-state index is 0.0306. The van der Waals surface area contributed by atoms with Crippen LogP contribution in [-0.4, -0.2) is 40.2 Å². The SMILES string of the molecule is N#CCOC(=O)c1cccc(S(=O)(=O)NCC2CCCO2)c1. The van der Waals surface area contributed by atoms with Crippen molar-refractivity contribution in [1.29, 1.82) is 5.26 Å². The molecule has 0 spiro atoms. The number of benzene rings is 1. The number of sulfonamides is 1. The molecule has 0 saturated carbocycles. The molecule has 1 fully saturated rings. The summed E-state index contributed by atoms with van der Waals surface area (Å²) >= 11 is 0. The summed E-state index contributed by atoms with van der Waals surface area (Å²) in [5, 5.41) is 8.37. The summed E-state index contributed by atoms with van der Waals surface area (Å²) in [5.74, 6) is -0.738. The molecule has 1 atom stereocenters. The lowest BCUT2D eigenvalue weighted by atomic mass is 10.2. The van der Waals surface area contributed by atoms with Crippen LogP contribution in [0.1, 0.15) is 23.2 Å². The molecule has 118 valence electrons. The van der Waals surface area contributed by atoms with Gasteiger partial charge in [-0.05, 0) is 31.0 Å². The molecule has 0 aromatic heterocycles. The van der Waals surface area contributed by atoms with Gasteiger partial charge >= 0.3 is 5.97 Å². The fourth-order valence-corrected chi connectivity index (χ4v) is 3.17. The topological polar surface area (TPSA) is 105 Å². The highest BCUT2D eigenvalue weighted by molar-refractivity contribution is 7.89. The highest BCUT2D eigenvalue weighted by Gasteiger charge is 2.21. The first-order valence-electron chi connectivity index (χ1n) is 6.78. The highest BCUT2D eigenvalue weighted by atomic mass is 32.2. The predicted molar refractivity (Wildman–Crippen MR) is 76.5 cm³/mol. The van der Waals surface area contributed by atoms with Crippen LogP contribution >= 0.6 is 0 Å². The predicted octanol–water partition coefficient (Wildman–Crippen LogP) is 0.824. The van der Waals surface area contributed by atoms with E-state index in [0.717, 1.165) is 12.8 Å². The lowest BCUT2D eigenvalue weighted by molar-refractivity contribution is 0.0554. The molecular formula is C14H16N2O5S. The van der Waals surface area contributed by atoms with E-state index in [9.17, 15) is 13.2 Å². The lowest BCUT2D eigenvalue weighted by Crippen LogP contribution is -2.31. The van der Waals surface area contributed by atoms with E-state index in [4.69, 9.17) is 10.00 Å². The third kappa shape index (κ3) is 4.27. The third-order valence-corrected chi connectivity index (χ3v) is 4.59. The molecule has 0 aliphatic carbocycles. The van der Waals surface area contributed by atoms with Crippen molar-refractivity contribution < 1.29 is 22.7 Å². The smallest absolute Gasteiger partial charge is 0.339 e. The number of rotatable bonds is 6. The molecule has 0 radical (unpaired) electrons. The zero-order valence-electron chi connectivity index (χ0n) is 11.8. The summed E-state index contributed by atoms with van der Waals surface area (Å²) in [4.78, 5) is 11.6. The molecule has 8 heteroatoms. The van der Waals surface area contributed by atoms with Crippen molar-refractivity contribution in [3.8, 4) is 6.07 Å². The summed E-state index contributed by atoms with van der Waals surface area (Å²) in [7, 11) is -3.73. The Bertz CT molecular complexity index is 675. The maximum absolute atomic E-state index is 12.2. The number of esters is 1. The van der Waals surface area contributed by atoms with E-state index in [1.54, 1.807) is 6.07 Å². The molecule has 1 heterocycles. The lowest BCUT2D eigenvalue weighted by Gasteiger charge is -2.11. The molecule has 1 unspecified atom stereocenters. The van der Waals surface area contributed by atoms with Crippen molar-refractivity contribution in [3.05, 3.63) is 29.8 Å². The Morgan fingerprint density at radius 2 is 2.32 bits per heavy atom. The molecule has 22 heavy (non-hydrogen) atoms. The van der Waals surface area contributed by atoms with Crippen LogP contribution in [0, 0.1) is 11.3 Å². The maximum Gasteiger partial charge on any atom is 0.339 e. The molecule has 1 aromatic rings. The highest BCUT2D eigenvalue weighted by Crippen LogP contribution is 2.15. The molecule has 1 aromatic carbocycles. The number of carbonyl (C=O) groups is 1. The van der Waals surface area contributed by atoms with Gasteiger partial charge in [-0.2, -0.15) is 5.26 Å². The normalized spacial score (nSPS) is 17.9. The van der Waals surface area contributed by atoms with Crippen LogP contribution < -0.4 is 4.72 Å². The Kier molecular flexibility index (Phi) is 5.49. The molecule has 1 saturated heterocycles. The summed E-state index contributed by atoms with van der Waals surface area (Å²) in [5.41, 5.74) is 0.0789. The molecule has 2 rings (SSSR count). The first-order valence-corrected chi connectivity index (χ1v) is 8.26. The minimum atomic E-state index is -3.73. The molecule has 0 amide bonds. The zero-order valence-corrected chi connectivity index (χ0v) is 12.6. The van der Waals surface area contributed by atoms with Crippen LogP contribution in [0.5, 0.6) is 0 Å². The van der Waals surface area contributed by atoms with Gasteiger partial charge in [-0.3, -0.25) is 0 Å². The van der Waals surface area contributed by atoms with Crippen molar-refractivity contribution in [1.82, 2.24) is 4.72 Å². The third-order valence-electron chi connectivity index (χ3n) is 3.17. The number of hydrogen-bond acceptors (Lipinski definition) is 6. The van der Waals surface area contributed by atoms with Gasteiger partial charge in [0, 0.05) is 13.2 Å². The van der Waals surface area contributed by atoms with Gasteiger partial charge in [0.05, 0.1) is 16.6 Å². The summed E-state index contributed by atoms with van der Waals surface area (Å²) in [6.07, 6.45) is 1.63. The van der Waals surface area contributed by atoms with Crippen LogP contribution in [-0.2, 0) is 19.5 Å². The second-order valence-corrected chi connectivity index (χ2v) is 6.52. The summed E-state index contributed by atoms with van der Waals surface area (Å²) in [6.45, 7) is 0.463. The standard InChI is InChI=1S/C14H16N2O5S/c15-6-8-21-14(17)11-3-1-5-13(9-11)22(18,19)16-10-12-4-2-7-20-12/h1,3,5,9,12,16H,2,4,7-8,10H2. The average Bonchev–Trinajstić information content (AvgIpc) is 3.04. The van der Waals surface area contributed by atoms with Gasteiger partial charge in [0.25, 0.3) is 0 Å². The Hall–Kier alpha value is -1.95. The number of nitrogens with one attached hydrogen (secondary N) is 1. The number of nitriles is 1. The van der Waals surface area contributed by atoms with Crippen molar-refractivity contribution in [2.24, 2.45) is 0 Å².